The first kappa shape index (κ1) is 17.3. The Morgan fingerprint density at radius 2 is 1.77 bits per heavy atom. The maximum atomic E-state index is 12.9. The van der Waals surface area contributed by atoms with Crippen molar-refractivity contribution in [3.8, 4) is 0 Å². The minimum absolute atomic E-state index is 0.150. The highest BCUT2D eigenvalue weighted by Crippen LogP contribution is 2.61. The van der Waals surface area contributed by atoms with Crippen LogP contribution in [0.25, 0.3) is 0 Å². The predicted molar refractivity (Wildman–Crippen MR) is 99.0 cm³/mol. The lowest BCUT2D eigenvalue weighted by atomic mass is 9.89. The summed E-state index contributed by atoms with van der Waals surface area (Å²) >= 11 is 0. The summed E-state index contributed by atoms with van der Waals surface area (Å²) in [5.41, 5.74) is 1.31. The van der Waals surface area contributed by atoms with Crippen LogP contribution in [0.1, 0.15) is 43.7 Å². The monoisotopic (exact) mass is 351 g/mol. The SMILES string of the molecule is CCOC(=O)[C@]1(CCCc2ccccc2)CC[C@@]2(c3ccccc3)ON12. The van der Waals surface area contributed by atoms with E-state index in [1.807, 2.05) is 36.3 Å². The van der Waals surface area contributed by atoms with Crippen LogP contribution >= 0.6 is 0 Å². The van der Waals surface area contributed by atoms with Gasteiger partial charge in [0.2, 0.25) is 0 Å². The van der Waals surface area contributed by atoms with Gasteiger partial charge in [-0.15, -0.1) is 5.06 Å². The van der Waals surface area contributed by atoms with Crippen molar-refractivity contribution in [2.75, 3.05) is 6.61 Å². The van der Waals surface area contributed by atoms with Gasteiger partial charge in [-0.05, 0) is 38.2 Å². The third kappa shape index (κ3) is 2.83. The van der Waals surface area contributed by atoms with Crippen LogP contribution in [0.15, 0.2) is 60.7 Å². The van der Waals surface area contributed by atoms with Crippen molar-refractivity contribution in [1.29, 1.82) is 0 Å². The molecular formula is C22H25NO3. The van der Waals surface area contributed by atoms with E-state index in [-0.39, 0.29) is 5.97 Å². The van der Waals surface area contributed by atoms with Gasteiger partial charge < -0.3 is 4.74 Å². The molecule has 0 spiro atoms. The Hall–Kier alpha value is -2.17. The number of hydrogen-bond acceptors (Lipinski definition) is 4. The average Bonchev–Trinajstić information content (AvgIpc) is 3.35. The van der Waals surface area contributed by atoms with E-state index < -0.39 is 11.3 Å². The molecule has 2 aromatic rings. The molecule has 2 heterocycles. The van der Waals surface area contributed by atoms with E-state index in [0.29, 0.717) is 6.61 Å². The predicted octanol–water partition coefficient (Wildman–Crippen LogP) is 4.21. The topological polar surface area (TPSA) is 41.8 Å². The number of fused-ring (bicyclic) bond motifs is 1. The normalized spacial score (nSPS) is 29.2. The van der Waals surface area contributed by atoms with Gasteiger partial charge in [0.25, 0.3) is 0 Å². The van der Waals surface area contributed by atoms with E-state index in [0.717, 1.165) is 37.7 Å². The van der Waals surface area contributed by atoms with Crippen LogP contribution < -0.4 is 0 Å². The Labute approximate surface area is 154 Å². The number of hydrogen-bond donors (Lipinski definition) is 0. The van der Waals surface area contributed by atoms with Crippen molar-refractivity contribution in [3.63, 3.8) is 0 Å². The Kier molecular flexibility index (Phi) is 4.55. The van der Waals surface area contributed by atoms with Crippen molar-refractivity contribution in [2.45, 2.75) is 50.3 Å². The molecule has 0 aliphatic carbocycles. The number of rotatable bonds is 7. The molecule has 0 N–H and O–H groups in total. The van der Waals surface area contributed by atoms with Crippen LogP contribution in [0.3, 0.4) is 0 Å². The van der Waals surface area contributed by atoms with E-state index >= 15 is 0 Å². The van der Waals surface area contributed by atoms with Crippen LogP contribution in [0.4, 0.5) is 0 Å². The van der Waals surface area contributed by atoms with E-state index in [1.54, 1.807) is 0 Å². The first-order chi connectivity index (χ1) is 12.7. The fraction of sp³-hybridized carbons (Fsp3) is 0.409. The summed E-state index contributed by atoms with van der Waals surface area (Å²) in [6.07, 6.45) is 4.22. The fourth-order valence-electron chi connectivity index (χ4n) is 4.21. The quantitative estimate of drug-likeness (QED) is 0.554. The molecule has 2 fully saturated rings. The molecule has 0 amide bonds. The summed E-state index contributed by atoms with van der Waals surface area (Å²) in [7, 11) is 0. The van der Waals surface area contributed by atoms with Crippen LogP contribution in [0, 0.1) is 0 Å². The van der Waals surface area contributed by atoms with Crippen LogP contribution in [-0.2, 0) is 26.5 Å². The summed E-state index contributed by atoms with van der Waals surface area (Å²) < 4.78 is 5.45. The number of benzene rings is 2. The second-order valence-electron chi connectivity index (χ2n) is 7.13. The summed E-state index contributed by atoms with van der Waals surface area (Å²) in [6.45, 7) is 2.25. The van der Waals surface area contributed by atoms with Gasteiger partial charge in [-0.25, -0.2) is 4.79 Å². The summed E-state index contributed by atoms with van der Waals surface area (Å²) in [4.78, 5) is 18.9. The Morgan fingerprint density at radius 3 is 2.42 bits per heavy atom. The highest BCUT2D eigenvalue weighted by molar-refractivity contribution is 5.82. The standard InChI is InChI=1S/C22H25NO3/c1-2-25-20(24)21(15-9-12-18-10-5-3-6-11-18)16-17-22(23(21)26-22)19-13-7-4-8-14-19/h3-8,10-11,13-14H,2,9,12,15-17H2,1H3/t21-,22-,23?/m0/s1. The van der Waals surface area contributed by atoms with Crippen molar-refractivity contribution >= 4 is 5.97 Å². The zero-order valence-corrected chi connectivity index (χ0v) is 15.2. The van der Waals surface area contributed by atoms with Crippen molar-refractivity contribution in [3.05, 3.63) is 71.8 Å². The molecule has 136 valence electrons. The second-order valence-corrected chi connectivity index (χ2v) is 7.13. The lowest BCUT2D eigenvalue weighted by molar-refractivity contribution is -0.159. The molecule has 26 heavy (non-hydrogen) atoms. The number of nitrogens with zero attached hydrogens (tertiary/aromatic N) is 1. The molecule has 4 nitrogen and oxygen atoms in total. The van der Waals surface area contributed by atoms with Crippen LogP contribution in [-0.4, -0.2) is 23.2 Å². The van der Waals surface area contributed by atoms with Gasteiger partial charge in [0.05, 0.1) is 6.61 Å². The third-order valence-electron chi connectivity index (χ3n) is 5.58. The molecule has 0 bridgehead atoms. The molecule has 1 unspecified atom stereocenters. The molecule has 0 saturated carbocycles. The van der Waals surface area contributed by atoms with Crippen molar-refractivity contribution < 1.29 is 14.4 Å². The van der Waals surface area contributed by atoms with Gasteiger partial charge in [-0.1, -0.05) is 60.7 Å². The average molecular weight is 351 g/mol. The van der Waals surface area contributed by atoms with Crippen molar-refractivity contribution in [1.82, 2.24) is 5.06 Å². The van der Waals surface area contributed by atoms with Gasteiger partial charge in [0, 0.05) is 12.0 Å². The number of carbonyl (C=O) groups excluding carboxylic acids is 1. The highest BCUT2D eigenvalue weighted by atomic mass is 16.9. The van der Waals surface area contributed by atoms with Gasteiger partial charge in [-0.2, -0.15) is 0 Å². The molecule has 2 aliphatic heterocycles. The van der Waals surface area contributed by atoms with Gasteiger partial charge >= 0.3 is 5.97 Å². The molecule has 2 saturated heterocycles. The Balaban J connectivity index is 1.52. The van der Waals surface area contributed by atoms with E-state index in [1.165, 1.54) is 5.56 Å². The van der Waals surface area contributed by atoms with Gasteiger partial charge in [0.1, 0.15) is 5.54 Å². The molecule has 3 atom stereocenters. The lowest BCUT2D eigenvalue weighted by Crippen LogP contribution is -2.45. The largest absolute Gasteiger partial charge is 0.465 e. The van der Waals surface area contributed by atoms with Crippen molar-refractivity contribution in [2.24, 2.45) is 0 Å². The first-order valence-electron chi connectivity index (χ1n) is 9.47. The number of aryl methyl sites for hydroxylation is 1. The van der Waals surface area contributed by atoms with E-state index in [4.69, 9.17) is 9.57 Å². The zero-order chi connectivity index (χ0) is 18.0. The van der Waals surface area contributed by atoms with E-state index in [9.17, 15) is 4.79 Å². The molecular weight excluding hydrogens is 326 g/mol. The maximum absolute atomic E-state index is 12.9. The van der Waals surface area contributed by atoms with Gasteiger partial charge in [0.15, 0.2) is 5.72 Å². The second kappa shape index (κ2) is 6.86. The molecule has 0 radical (unpaired) electrons. The minimum atomic E-state index is -0.666. The van der Waals surface area contributed by atoms with E-state index in [2.05, 4.69) is 36.4 Å². The summed E-state index contributed by atoms with van der Waals surface area (Å²) in [5, 5.41) is 1.92. The molecule has 4 heteroatoms. The van der Waals surface area contributed by atoms with Crippen LogP contribution in [0.5, 0.6) is 0 Å². The molecule has 4 rings (SSSR count). The summed E-state index contributed by atoms with van der Waals surface area (Å²) in [6, 6.07) is 20.6. The molecule has 2 aliphatic rings. The fourth-order valence-corrected chi connectivity index (χ4v) is 4.21. The molecule has 0 aromatic heterocycles. The number of hydroxylamine groups is 2. The zero-order valence-electron chi connectivity index (χ0n) is 15.2. The number of esters is 1. The minimum Gasteiger partial charge on any atom is -0.465 e. The smallest absolute Gasteiger partial charge is 0.329 e. The van der Waals surface area contributed by atoms with Crippen LogP contribution in [0.2, 0.25) is 0 Å². The Bertz CT molecular complexity index is 763. The molecule has 2 aromatic carbocycles. The van der Waals surface area contributed by atoms with Gasteiger partial charge in [-0.3, -0.25) is 4.84 Å². The maximum Gasteiger partial charge on any atom is 0.329 e. The highest BCUT2D eigenvalue weighted by Gasteiger charge is 2.73. The lowest BCUT2D eigenvalue weighted by Gasteiger charge is -2.27. The number of carbonyl (C=O) groups is 1. The third-order valence-corrected chi connectivity index (χ3v) is 5.58. The Morgan fingerprint density at radius 1 is 1.08 bits per heavy atom. The summed E-state index contributed by atoms with van der Waals surface area (Å²) in [5.74, 6) is -0.150. The first-order valence-corrected chi connectivity index (χ1v) is 9.47. The number of ether oxygens (including phenoxy) is 1.